The van der Waals surface area contributed by atoms with Crippen molar-refractivity contribution in [3.05, 3.63) is 155 Å². The molecule has 0 aliphatic heterocycles. The van der Waals surface area contributed by atoms with Gasteiger partial charge in [0.25, 0.3) is 0 Å². The summed E-state index contributed by atoms with van der Waals surface area (Å²) in [6.45, 7) is 4.03. The topological polar surface area (TPSA) is 77.6 Å². The van der Waals surface area contributed by atoms with Crippen LogP contribution in [0.2, 0.25) is 0 Å². The van der Waals surface area contributed by atoms with Crippen LogP contribution in [0.15, 0.2) is 110 Å². The van der Waals surface area contributed by atoms with E-state index < -0.39 is 29.4 Å². The van der Waals surface area contributed by atoms with E-state index >= 15 is 0 Å². The zero-order valence-corrected chi connectivity index (χ0v) is 27.5. The van der Waals surface area contributed by atoms with Crippen molar-refractivity contribution in [2.75, 3.05) is 0 Å². The third kappa shape index (κ3) is 9.12. The quantitative estimate of drug-likeness (QED) is 0.114. The fourth-order valence-electron chi connectivity index (χ4n) is 5.93. The van der Waals surface area contributed by atoms with Gasteiger partial charge in [0.05, 0.1) is 18.5 Å². The highest BCUT2D eigenvalue weighted by Crippen LogP contribution is 2.34. The standard InChI is InChI=1S/C20H20F2N2O.C20H20F2N2/c1-2-17(25)10-18(15-7-8-19(21)20(22)9-15)14-5-3-13(4-6-14)16-11-23-24-12-16;1-2-3-4-18(16-9-10-19(21)20(22)11-16)15-7-5-14(6-8-15)17-12-23-24-13-17/h3-9,11-12,17-18,25H,2,10H2,1H3,(H,23,24);5-13,18H,2-4H2,1H3,(H,23,24). The summed E-state index contributed by atoms with van der Waals surface area (Å²) in [5, 5.41) is 23.6. The molecular formula is C40H40F4N4O. The van der Waals surface area contributed by atoms with Gasteiger partial charge in [0, 0.05) is 35.4 Å². The zero-order valence-electron chi connectivity index (χ0n) is 27.5. The van der Waals surface area contributed by atoms with E-state index in [-0.39, 0.29) is 11.8 Å². The summed E-state index contributed by atoms with van der Waals surface area (Å²) in [5.41, 5.74) is 7.63. The van der Waals surface area contributed by atoms with Crippen molar-refractivity contribution < 1.29 is 22.7 Å². The highest BCUT2D eigenvalue weighted by molar-refractivity contribution is 5.63. The van der Waals surface area contributed by atoms with Gasteiger partial charge in [-0.2, -0.15) is 10.2 Å². The molecule has 0 aliphatic rings. The number of hydrogen-bond donors (Lipinski definition) is 3. The third-order valence-corrected chi connectivity index (χ3v) is 8.81. The van der Waals surface area contributed by atoms with E-state index in [4.69, 9.17) is 0 Å². The lowest BCUT2D eigenvalue weighted by molar-refractivity contribution is 0.155. The first kappa shape index (κ1) is 35.3. The van der Waals surface area contributed by atoms with E-state index in [0.717, 1.165) is 64.3 Å². The van der Waals surface area contributed by atoms with Gasteiger partial charge in [-0.05, 0) is 76.9 Å². The molecule has 0 spiro atoms. The van der Waals surface area contributed by atoms with Gasteiger partial charge in [0.2, 0.25) is 0 Å². The number of aromatic amines is 2. The summed E-state index contributed by atoms with van der Waals surface area (Å²) < 4.78 is 53.8. The number of H-pyrrole nitrogens is 2. The molecular weight excluding hydrogens is 628 g/mol. The largest absolute Gasteiger partial charge is 0.393 e. The monoisotopic (exact) mass is 668 g/mol. The summed E-state index contributed by atoms with van der Waals surface area (Å²) in [5.74, 6) is -3.47. The van der Waals surface area contributed by atoms with Crippen LogP contribution >= 0.6 is 0 Å². The fraction of sp³-hybridized carbons (Fsp3) is 0.250. The summed E-state index contributed by atoms with van der Waals surface area (Å²) in [7, 11) is 0. The number of aromatic nitrogens is 4. The van der Waals surface area contributed by atoms with Crippen LogP contribution in [0.5, 0.6) is 0 Å². The molecule has 3 atom stereocenters. The molecule has 2 aromatic heterocycles. The number of hydrogen-bond acceptors (Lipinski definition) is 3. The molecule has 49 heavy (non-hydrogen) atoms. The maximum atomic E-state index is 13.7. The van der Waals surface area contributed by atoms with Crippen molar-refractivity contribution in [1.29, 1.82) is 0 Å². The van der Waals surface area contributed by atoms with E-state index in [2.05, 4.69) is 39.5 Å². The molecule has 0 fully saturated rings. The highest BCUT2D eigenvalue weighted by Gasteiger charge is 2.20. The number of benzene rings is 4. The minimum Gasteiger partial charge on any atom is -0.393 e. The van der Waals surface area contributed by atoms with Crippen LogP contribution in [0.1, 0.15) is 80.0 Å². The Hall–Kier alpha value is -5.02. The number of aliphatic hydroxyl groups is 1. The smallest absolute Gasteiger partial charge is 0.159 e. The maximum absolute atomic E-state index is 13.7. The first-order valence-corrected chi connectivity index (χ1v) is 16.5. The van der Waals surface area contributed by atoms with Gasteiger partial charge in [-0.25, -0.2) is 17.6 Å². The van der Waals surface area contributed by atoms with Crippen molar-refractivity contribution in [3.63, 3.8) is 0 Å². The predicted molar refractivity (Wildman–Crippen MR) is 185 cm³/mol. The van der Waals surface area contributed by atoms with E-state index in [1.165, 1.54) is 18.2 Å². The normalized spacial score (nSPS) is 13.0. The van der Waals surface area contributed by atoms with Gasteiger partial charge in [-0.1, -0.05) is 87.4 Å². The molecule has 5 nitrogen and oxygen atoms in total. The molecule has 6 aromatic rings. The Kier molecular flexibility index (Phi) is 12.2. The molecule has 0 aliphatic carbocycles. The molecule has 4 aromatic carbocycles. The molecule has 0 amide bonds. The predicted octanol–water partition coefficient (Wildman–Crippen LogP) is 10.3. The lowest BCUT2D eigenvalue weighted by Crippen LogP contribution is -2.13. The Morgan fingerprint density at radius 1 is 0.571 bits per heavy atom. The SMILES string of the molecule is CCC(O)CC(c1ccc(-c2cn[nH]c2)cc1)c1ccc(F)c(F)c1.CCCCC(c1ccc(-c2cn[nH]c2)cc1)c1ccc(F)c(F)c1. The summed E-state index contributed by atoms with van der Waals surface area (Å²) >= 11 is 0. The van der Waals surface area contributed by atoms with Gasteiger partial charge in [0.1, 0.15) is 0 Å². The molecule has 3 unspecified atom stereocenters. The van der Waals surface area contributed by atoms with Crippen LogP contribution in [0.3, 0.4) is 0 Å². The Balaban J connectivity index is 0.000000191. The molecule has 0 saturated heterocycles. The fourth-order valence-corrected chi connectivity index (χ4v) is 5.93. The molecule has 2 heterocycles. The van der Waals surface area contributed by atoms with E-state index in [9.17, 15) is 22.7 Å². The second kappa shape index (κ2) is 16.9. The van der Waals surface area contributed by atoms with Crippen LogP contribution in [-0.2, 0) is 0 Å². The summed E-state index contributed by atoms with van der Waals surface area (Å²) in [6.07, 6.45) is 10.7. The molecule has 0 radical (unpaired) electrons. The number of unbranched alkanes of at least 4 members (excludes halogenated alkanes) is 1. The minimum atomic E-state index is -0.872. The van der Waals surface area contributed by atoms with Gasteiger partial charge >= 0.3 is 0 Å². The van der Waals surface area contributed by atoms with Gasteiger partial charge < -0.3 is 5.11 Å². The molecule has 9 heteroatoms. The second-order valence-electron chi connectivity index (χ2n) is 12.1. The Morgan fingerprint density at radius 2 is 1.02 bits per heavy atom. The minimum absolute atomic E-state index is 0.0680. The number of nitrogens with one attached hydrogen (secondary N) is 2. The Labute approximate surface area is 284 Å². The van der Waals surface area contributed by atoms with Crippen molar-refractivity contribution in [2.45, 2.75) is 63.9 Å². The Morgan fingerprint density at radius 3 is 1.43 bits per heavy atom. The van der Waals surface area contributed by atoms with E-state index in [1.807, 2.05) is 55.7 Å². The maximum Gasteiger partial charge on any atom is 0.159 e. The van der Waals surface area contributed by atoms with Crippen LogP contribution in [-0.4, -0.2) is 31.6 Å². The summed E-state index contributed by atoms with van der Waals surface area (Å²) in [6, 6.07) is 24.2. The van der Waals surface area contributed by atoms with E-state index in [1.54, 1.807) is 24.5 Å². The van der Waals surface area contributed by atoms with E-state index in [0.29, 0.717) is 18.4 Å². The molecule has 0 bridgehead atoms. The number of aliphatic hydroxyl groups excluding tert-OH is 1. The lowest BCUT2D eigenvalue weighted by atomic mass is 9.85. The molecule has 3 N–H and O–H groups in total. The van der Waals surface area contributed by atoms with Crippen molar-refractivity contribution in [1.82, 2.24) is 20.4 Å². The van der Waals surface area contributed by atoms with Crippen LogP contribution in [0.4, 0.5) is 17.6 Å². The highest BCUT2D eigenvalue weighted by atomic mass is 19.2. The number of nitrogens with zero attached hydrogens (tertiary/aromatic N) is 2. The first-order chi connectivity index (χ1) is 23.8. The zero-order chi connectivity index (χ0) is 34.8. The lowest BCUT2D eigenvalue weighted by Gasteiger charge is -2.21. The molecule has 0 saturated carbocycles. The van der Waals surface area contributed by atoms with Gasteiger partial charge in [-0.3, -0.25) is 10.2 Å². The average molecular weight is 669 g/mol. The first-order valence-electron chi connectivity index (χ1n) is 16.5. The van der Waals surface area contributed by atoms with Crippen LogP contribution in [0.25, 0.3) is 22.3 Å². The third-order valence-electron chi connectivity index (χ3n) is 8.81. The number of halogens is 4. The number of rotatable bonds is 12. The van der Waals surface area contributed by atoms with Crippen LogP contribution in [0, 0.1) is 23.3 Å². The average Bonchev–Trinajstić information content (AvgIpc) is 3.87. The van der Waals surface area contributed by atoms with Crippen molar-refractivity contribution >= 4 is 0 Å². The van der Waals surface area contributed by atoms with Crippen molar-refractivity contribution in [3.8, 4) is 22.3 Å². The Bertz CT molecular complexity index is 1880. The van der Waals surface area contributed by atoms with Gasteiger partial charge in [0.15, 0.2) is 23.3 Å². The van der Waals surface area contributed by atoms with Crippen molar-refractivity contribution in [2.24, 2.45) is 0 Å². The van der Waals surface area contributed by atoms with Gasteiger partial charge in [-0.15, -0.1) is 0 Å². The molecule has 6 rings (SSSR count). The molecule has 254 valence electrons. The summed E-state index contributed by atoms with van der Waals surface area (Å²) in [4.78, 5) is 0. The second-order valence-corrected chi connectivity index (χ2v) is 12.1. The van der Waals surface area contributed by atoms with Crippen LogP contribution < -0.4 is 0 Å².